The molecule has 1 aromatic heterocycles. The molecule has 0 aliphatic rings. The number of thiazole rings is 1. The van der Waals surface area contributed by atoms with Crippen molar-refractivity contribution >= 4 is 17.2 Å². The zero-order valence-corrected chi connectivity index (χ0v) is 11.7. The van der Waals surface area contributed by atoms with E-state index in [1.165, 1.54) is 0 Å². The van der Waals surface area contributed by atoms with Gasteiger partial charge in [-0.05, 0) is 26.7 Å². The summed E-state index contributed by atoms with van der Waals surface area (Å²) in [5.74, 6) is -0.0946. The van der Waals surface area contributed by atoms with E-state index in [2.05, 4.69) is 10.3 Å². The number of aromatic nitrogens is 1. The molecule has 4 nitrogen and oxygen atoms in total. The number of nitrogens with two attached hydrogens (primary N) is 1. The van der Waals surface area contributed by atoms with Crippen LogP contribution in [-0.2, 0) is 4.79 Å². The van der Waals surface area contributed by atoms with E-state index in [0.717, 1.165) is 10.7 Å². The Bertz CT molecular complexity index is 385. The number of hydrogen-bond donors (Lipinski definition) is 2. The summed E-state index contributed by atoms with van der Waals surface area (Å²) in [7, 11) is 0. The van der Waals surface area contributed by atoms with Gasteiger partial charge < -0.3 is 11.1 Å². The summed E-state index contributed by atoms with van der Waals surface area (Å²) in [6, 6.07) is -0.0813. The fourth-order valence-corrected chi connectivity index (χ4v) is 2.35. The number of carbonyl (C=O) groups excluding carboxylic acids is 1. The number of rotatable bonds is 5. The Morgan fingerprint density at radius 1 is 1.59 bits per heavy atom. The minimum atomic E-state index is -0.763. The maximum Gasteiger partial charge on any atom is 0.240 e. The van der Waals surface area contributed by atoms with Crippen molar-refractivity contribution in [2.24, 2.45) is 5.73 Å². The van der Waals surface area contributed by atoms with Crippen LogP contribution in [-0.4, -0.2) is 16.4 Å². The summed E-state index contributed by atoms with van der Waals surface area (Å²) in [5.41, 5.74) is 6.26. The summed E-state index contributed by atoms with van der Waals surface area (Å²) < 4.78 is 0. The van der Waals surface area contributed by atoms with Crippen LogP contribution < -0.4 is 11.1 Å². The lowest BCUT2D eigenvalue weighted by Crippen LogP contribution is -2.53. The third-order valence-corrected chi connectivity index (χ3v) is 4.21. The Kier molecular flexibility index (Phi) is 4.65. The van der Waals surface area contributed by atoms with Gasteiger partial charge in [0.15, 0.2) is 0 Å². The Morgan fingerprint density at radius 2 is 2.18 bits per heavy atom. The fourth-order valence-electron chi connectivity index (χ4n) is 1.54. The molecule has 1 aromatic rings. The smallest absolute Gasteiger partial charge is 0.240 e. The molecule has 0 bridgehead atoms. The van der Waals surface area contributed by atoms with Gasteiger partial charge in [0.2, 0.25) is 5.91 Å². The van der Waals surface area contributed by atoms with Gasteiger partial charge in [0.25, 0.3) is 0 Å². The van der Waals surface area contributed by atoms with E-state index >= 15 is 0 Å². The van der Waals surface area contributed by atoms with Crippen molar-refractivity contribution in [3.8, 4) is 0 Å². The predicted molar refractivity (Wildman–Crippen MR) is 70.9 cm³/mol. The molecule has 0 aliphatic heterocycles. The molecule has 1 atom stereocenters. The van der Waals surface area contributed by atoms with E-state index in [0.29, 0.717) is 12.8 Å². The van der Waals surface area contributed by atoms with E-state index in [-0.39, 0.29) is 11.9 Å². The van der Waals surface area contributed by atoms with Gasteiger partial charge in [-0.15, -0.1) is 11.3 Å². The van der Waals surface area contributed by atoms with E-state index in [4.69, 9.17) is 5.73 Å². The Hall–Kier alpha value is -0.940. The molecular formula is C12H21N3OS. The quantitative estimate of drug-likeness (QED) is 0.847. The summed E-state index contributed by atoms with van der Waals surface area (Å²) in [5, 5.41) is 5.84. The van der Waals surface area contributed by atoms with Crippen molar-refractivity contribution in [3.05, 3.63) is 16.1 Å². The van der Waals surface area contributed by atoms with Crippen LogP contribution in [0, 0.1) is 6.92 Å². The molecule has 96 valence electrons. The average molecular weight is 255 g/mol. The van der Waals surface area contributed by atoms with Crippen LogP contribution >= 0.6 is 11.3 Å². The summed E-state index contributed by atoms with van der Waals surface area (Å²) >= 11 is 1.56. The van der Waals surface area contributed by atoms with Crippen LogP contribution in [0.2, 0.25) is 0 Å². The first-order chi connectivity index (χ1) is 7.92. The lowest BCUT2D eigenvalue weighted by atomic mass is 9.93. The van der Waals surface area contributed by atoms with E-state index < -0.39 is 5.54 Å². The van der Waals surface area contributed by atoms with Gasteiger partial charge in [0.1, 0.15) is 5.01 Å². The van der Waals surface area contributed by atoms with Crippen molar-refractivity contribution in [1.29, 1.82) is 0 Å². The second-order valence-corrected chi connectivity index (χ2v) is 5.28. The average Bonchev–Trinajstić information content (AvgIpc) is 2.74. The summed E-state index contributed by atoms with van der Waals surface area (Å²) in [4.78, 5) is 16.4. The third kappa shape index (κ3) is 3.26. The van der Waals surface area contributed by atoms with Crippen LogP contribution in [0.25, 0.3) is 0 Å². The third-order valence-electron chi connectivity index (χ3n) is 3.07. The Morgan fingerprint density at radius 3 is 2.59 bits per heavy atom. The van der Waals surface area contributed by atoms with Crippen molar-refractivity contribution in [2.75, 3.05) is 0 Å². The molecule has 0 fully saturated rings. The molecule has 1 rings (SSSR count). The van der Waals surface area contributed by atoms with Crippen molar-refractivity contribution in [1.82, 2.24) is 10.3 Å². The van der Waals surface area contributed by atoms with Gasteiger partial charge >= 0.3 is 0 Å². The molecule has 5 heteroatoms. The molecule has 3 N–H and O–H groups in total. The molecule has 17 heavy (non-hydrogen) atoms. The second-order valence-electron chi connectivity index (χ2n) is 4.39. The first kappa shape index (κ1) is 14.1. The molecule has 0 radical (unpaired) electrons. The normalized spacial score (nSPS) is 13.5. The van der Waals surface area contributed by atoms with Crippen LogP contribution in [0.1, 0.15) is 50.4 Å². The number of amides is 1. The Labute approximate surface area is 107 Å². The number of hydrogen-bond acceptors (Lipinski definition) is 4. The van der Waals surface area contributed by atoms with Crippen LogP contribution in [0.5, 0.6) is 0 Å². The van der Waals surface area contributed by atoms with E-state index in [9.17, 15) is 4.79 Å². The summed E-state index contributed by atoms with van der Waals surface area (Å²) in [6.07, 6.45) is 1.28. The Balaban J connectivity index is 2.69. The second kappa shape index (κ2) is 5.60. The zero-order valence-electron chi connectivity index (χ0n) is 10.9. The highest BCUT2D eigenvalue weighted by Gasteiger charge is 2.31. The van der Waals surface area contributed by atoms with Crippen molar-refractivity contribution in [3.63, 3.8) is 0 Å². The standard InChI is InChI=1S/C12H21N3OS/c1-5-12(13,6-2)11(16)15-9(4)10-14-8(3)7-17-10/h7,9H,5-6,13H2,1-4H3,(H,15,16). The molecular weight excluding hydrogens is 234 g/mol. The molecule has 0 saturated heterocycles. The first-order valence-electron chi connectivity index (χ1n) is 5.94. The van der Waals surface area contributed by atoms with Gasteiger partial charge in [-0.25, -0.2) is 4.98 Å². The van der Waals surface area contributed by atoms with E-state index in [1.54, 1.807) is 11.3 Å². The van der Waals surface area contributed by atoms with Crippen molar-refractivity contribution < 1.29 is 4.79 Å². The molecule has 0 aromatic carbocycles. The molecule has 0 spiro atoms. The molecule has 1 amide bonds. The van der Waals surface area contributed by atoms with Crippen LogP contribution in [0.15, 0.2) is 5.38 Å². The first-order valence-corrected chi connectivity index (χ1v) is 6.82. The van der Waals surface area contributed by atoms with Crippen molar-refractivity contribution in [2.45, 2.75) is 52.1 Å². The van der Waals surface area contributed by atoms with E-state index in [1.807, 2.05) is 33.1 Å². The van der Waals surface area contributed by atoms with Gasteiger partial charge in [-0.3, -0.25) is 4.79 Å². The van der Waals surface area contributed by atoms with Gasteiger partial charge in [-0.2, -0.15) is 0 Å². The van der Waals surface area contributed by atoms with Gasteiger partial charge in [0, 0.05) is 11.1 Å². The number of nitrogens with zero attached hydrogens (tertiary/aromatic N) is 1. The lowest BCUT2D eigenvalue weighted by Gasteiger charge is -2.26. The molecule has 0 aliphatic carbocycles. The highest BCUT2D eigenvalue weighted by Crippen LogP contribution is 2.19. The van der Waals surface area contributed by atoms with Crippen LogP contribution in [0.3, 0.4) is 0 Å². The maximum atomic E-state index is 12.1. The minimum Gasteiger partial charge on any atom is -0.346 e. The molecule has 1 heterocycles. The number of aryl methyl sites for hydroxylation is 1. The summed E-state index contributed by atoms with van der Waals surface area (Å²) in [6.45, 7) is 7.74. The highest BCUT2D eigenvalue weighted by atomic mass is 32.1. The largest absolute Gasteiger partial charge is 0.346 e. The number of carbonyl (C=O) groups is 1. The zero-order chi connectivity index (χ0) is 13.1. The molecule has 1 unspecified atom stereocenters. The monoisotopic (exact) mass is 255 g/mol. The maximum absolute atomic E-state index is 12.1. The highest BCUT2D eigenvalue weighted by molar-refractivity contribution is 7.09. The van der Waals surface area contributed by atoms with Gasteiger partial charge in [-0.1, -0.05) is 13.8 Å². The van der Waals surface area contributed by atoms with Crippen LogP contribution in [0.4, 0.5) is 0 Å². The minimum absolute atomic E-state index is 0.0813. The van der Waals surface area contributed by atoms with Gasteiger partial charge in [0.05, 0.1) is 11.6 Å². The predicted octanol–water partition coefficient (Wildman–Crippen LogP) is 2.15. The topological polar surface area (TPSA) is 68.0 Å². The fraction of sp³-hybridized carbons (Fsp3) is 0.667. The number of nitrogens with one attached hydrogen (secondary N) is 1. The SMILES string of the molecule is CCC(N)(CC)C(=O)NC(C)c1nc(C)cs1. The lowest BCUT2D eigenvalue weighted by molar-refractivity contribution is -0.127. The molecule has 0 saturated carbocycles.